The van der Waals surface area contributed by atoms with E-state index in [9.17, 15) is 4.79 Å². The smallest absolute Gasteiger partial charge is 0.249 e. The molecule has 9 heavy (non-hydrogen) atoms. The third kappa shape index (κ3) is 2.24. The fraction of sp³-hybridized carbons (Fsp3) is 0.800. The molecule has 0 aromatic heterocycles. The Bertz CT molecular complexity index is 114. The van der Waals surface area contributed by atoms with Gasteiger partial charge < -0.3 is 0 Å². The summed E-state index contributed by atoms with van der Waals surface area (Å²) in [6, 6.07) is 0. The van der Waals surface area contributed by atoms with Crippen molar-refractivity contribution in [1.29, 1.82) is 0 Å². The second kappa shape index (κ2) is 3.08. The van der Waals surface area contributed by atoms with Crippen LogP contribution in [0.25, 0.3) is 0 Å². The van der Waals surface area contributed by atoms with Gasteiger partial charge >= 0.3 is 0 Å². The lowest BCUT2D eigenvalue weighted by Crippen LogP contribution is -2.43. The third-order valence-electron chi connectivity index (χ3n) is 1.19. The van der Waals surface area contributed by atoms with Gasteiger partial charge in [0.05, 0.1) is 4.75 Å². The molecule has 3 N–H and O–H groups in total. The molecule has 0 aliphatic rings. The average molecular weight is 148 g/mol. The van der Waals surface area contributed by atoms with Gasteiger partial charge in [-0.15, -0.1) is 11.8 Å². The maximum atomic E-state index is 10.8. The summed E-state index contributed by atoms with van der Waals surface area (Å²) in [5.74, 6) is 4.78. The second-order valence-electron chi connectivity index (χ2n) is 2.19. The Kier molecular flexibility index (Phi) is 3.00. The molecule has 0 unspecified atom stereocenters. The van der Waals surface area contributed by atoms with Crippen molar-refractivity contribution in [2.75, 3.05) is 6.26 Å². The summed E-state index contributed by atoms with van der Waals surface area (Å²) in [5.41, 5.74) is 2.10. The molecule has 0 atom stereocenters. The SMILES string of the molecule is CSC(C)(C)C(=O)NN. The number of amides is 1. The summed E-state index contributed by atoms with van der Waals surface area (Å²) in [5, 5.41) is 0. The quantitative estimate of drug-likeness (QED) is 0.332. The first-order valence-electron chi connectivity index (χ1n) is 2.61. The van der Waals surface area contributed by atoms with Gasteiger partial charge in [0, 0.05) is 0 Å². The van der Waals surface area contributed by atoms with Gasteiger partial charge in [-0.3, -0.25) is 10.2 Å². The zero-order chi connectivity index (χ0) is 7.49. The van der Waals surface area contributed by atoms with Crippen LogP contribution in [0.5, 0.6) is 0 Å². The van der Waals surface area contributed by atoms with Crippen LogP contribution in [0.15, 0.2) is 0 Å². The van der Waals surface area contributed by atoms with E-state index in [4.69, 9.17) is 5.84 Å². The normalized spacial score (nSPS) is 11.1. The zero-order valence-corrected chi connectivity index (χ0v) is 6.71. The van der Waals surface area contributed by atoms with Crippen molar-refractivity contribution in [1.82, 2.24) is 5.43 Å². The lowest BCUT2D eigenvalue weighted by molar-refractivity contribution is -0.122. The van der Waals surface area contributed by atoms with E-state index in [0.717, 1.165) is 0 Å². The largest absolute Gasteiger partial charge is 0.293 e. The van der Waals surface area contributed by atoms with E-state index in [1.54, 1.807) is 0 Å². The number of rotatable bonds is 2. The molecule has 0 fully saturated rings. The van der Waals surface area contributed by atoms with Crippen molar-refractivity contribution >= 4 is 17.7 Å². The van der Waals surface area contributed by atoms with E-state index in [1.807, 2.05) is 20.1 Å². The highest BCUT2D eigenvalue weighted by Gasteiger charge is 2.24. The molecule has 1 amide bonds. The van der Waals surface area contributed by atoms with Crippen molar-refractivity contribution in [3.05, 3.63) is 0 Å². The van der Waals surface area contributed by atoms with E-state index in [2.05, 4.69) is 5.43 Å². The average Bonchev–Trinajstić information content (AvgIpc) is 1.86. The number of carbonyl (C=O) groups is 1. The van der Waals surface area contributed by atoms with Crippen LogP contribution in [0.4, 0.5) is 0 Å². The van der Waals surface area contributed by atoms with Gasteiger partial charge in [0.25, 0.3) is 0 Å². The number of hydrogen-bond donors (Lipinski definition) is 2. The maximum absolute atomic E-state index is 10.8. The molecule has 0 aliphatic carbocycles. The van der Waals surface area contributed by atoms with Crippen molar-refractivity contribution in [2.24, 2.45) is 5.84 Å². The van der Waals surface area contributed by atoms with Crippen LogP contribution in [-0.4, -0.2) is 16.9 Å². The minimum atomic E-state index is -0.408. The predicted molar refractivity (Wildman–Crippen MR) is 39.9 cm³/mol. The van der Waals surface area contributed by atoms with Crippen LogP contribution in [0.2, 0.25) is 0 Å². The van der Waals surface area contributed by atoms with Gasteiger partial charge in [0.15, 0.2) is 0 Å². The van der Waals surface area contributed by atoms with Crippen molar-refractivity contribution < 1.29 is 4.79 Å². The molecular formula is C5H12N2OS. The van der Waals surface area contributed by atoms with Crippen LogP contribution in [-0.2, 0) is 4.79 Å². The molecule has 0 radical (unpaired) electrons. The first-order valence-corrected chi connectivity index (χ1v) is 3.83. The molecule has 3 nitrogen and oxygen atoms in total. The number of carbonyl (C=O) groups excluding carboxylic acids is 1. The highest BCUT2D eigenvalue weighted by Crippen LogP contribution is 2.20. The van der Waals surface area contributed by atoms with Crippen LogP contribution in [0.3, 0.4) is 0 Å². The van der Waals surface area contributed by atoms with Gasteiger partial charge in [0.2, 0.25) is 5.91 Å². The molecule has 0 bridgehead atoms. The molecule has 0 rings (SSSR count). The Hall–Kier alpha value is -0.220. The van der Waals surface area contributed by atoms with E-state index in [-0.39, 0.29) is 5.91 Å². The molecule has 0 spiro atoms. The van der Waals surface area contributed by atoms with Crippen LogP contribution in [0, 0.1) is 0 Å². The summed E-state index contributed by atoms with van der Waals surface area (Å²) >= 11 is 1.47. The Balaban J connectivity index is 3.97. The number of thioether (sulfide) groups is 1. The molecule has 54 valence electrons. The third-order valence-corrected chi connectivity index (χ3v) is 2.39. The highest BCUT2D eigenvalue weighted by molar-refractivity contribution is 8.00. The summed E-state index contributed by atoms with van der Waals surface area (Å²) in [7, 11) is 0. The first-order chi connectivity index (χ1) is 4.04. The van der Waals surface area contributed by atoms with E-state index < -0.39 is 4.75 Å². The predicted octanol–water partition coefficient (Wildman–Crippen LogP) is 0.118. The molecular weight excluding hydrogens is 136 g/mol. The second-order valence-corrected chi connectivity index (χ2v) is 3.62. The monoisotopic (exact) mass is 148 g/mol. The molecule has 0 aromatic carbocycles. The first kappa shape index (κ1) is 8.78. The van der Waals surface area contributed by atoms with E-state index in [0.29, 0.717) is 0 Å². The zero-order valence-electron chi connectivity index (χ0n) is 5.89. The molecule has 4 heteroatoms. The lowest BCUT2D eigenvalue weighted by atomic mass is 10.2. The van der Waals surface area contributed by atoms with Gasteiger partial charge in [-0.1, -0.05) is 0 Å². The fourth-order valence-electron chi connectivity index (χ4n) is 0.266. The Morgan fingerprint density at radius 2 is 2.11 bits per heavy atom. The standard InChI is InChI=1S/C5H12N2OS/c1-5(2,9-3)4(8)7-6/h6H2,1-3H3,(H,7,8). The van der Waals surface area contributed by atoms with Crippen LogP contribution in [0.1, 0.15) is 13.8 Å². The van der Waals surface area contributed by atoms with Gasteiger partial charge in [-0.2, -0.15) is 0 Å². The Morgan fingerprint density at radius 1 is 1.67 bits per heavy atom. The lowest BCUT2D eigenvalue weighted by Gasteiger charge is -2.18. The molecule has 0 aliphatic heterocycles. The minimum Gasteiger partial charge on any atom is -0.293 e. The van der Waals surface area contributed by atoms with Gasteiger partial charge in [0.1, 0.15) is 0 Å². The van der Waals surface area contributed by atoms with E-state index >= 15 is 0 Å². The molecule has 0 saturated heterocycles. The molecule has 0 heterocycles. The van der Waals surface area contributed by atoms with Crippen molar-refractivity contribution in [3.8, 4) is 0 Å². The minimum absolute atomic E-state index is 0.144. The summed E-state index contributed by atoms with van der Waals surface area (Å²) < 4.78 is -0.408. The number of nitrogens with one attached hydrogen (secondary N) is 1. The molecule has 0 aromatic rings. The fourth-order valence-corrected chi connectivity index (χ4v) is 0.511. The summed E-state index contributed by atoms with van der Waals surface area (Å²) in [6.07, 6.45) is 1.87. The summed E-state index contributed by atoms with van der Waals surface area (Å²) in [4.78, 5) is 10.8. The van der Waals surface area contributed by atoms with Crippen LogP contribution >= 0.6 is 11.8 Å². The van der Waals surface area contributed by atoms with Gasteiger partial charge in [-0.25, -0.2) is 5.84 Å². The Labute approximate surface area is 59.3 Å². The van der Waals surface area contributed by atoms with Crippen molar-refractivity contribution in [3.63, 3.8) is 0 Å². The van der Waals surface area contributed by atoms with Gasteiger partial charge in [-0.05, 0) is 20.1 Å². The van der Waals surface area contributed by atoms with Crippen LogP contribution < -0.4 is 11.3 Å². The number of hydrazine groups is 1. The molecule has 0 saturated carbocycles. The maximum Gasteiger partial charge on any atom is 0.249 e. The number of nitrogens with two attached hydrogens (primary N) is 1. The van der Waals surface area contributed by atoms with Crippen molar-refractivity contribution in [2.45, 2.75) is 18.6 Å². The highest BCUT2D eigenvalue weighted by atomic mass is 32.2. The Morgan fingerprint density at radius 3 is 2.22 bits per heavy atom. The topological polar surface area (TPSA) is 55.1 Å². The number of hydrogen-bond acceptors (Lipinski definition) is 3. The summed E-state index contributed by atoms with van der Waals surface area (Å²) in [6.45, 7) is 3.64. The van der Waals surface area contributed by atoms with E-state index in [1.165, 1.54) is 11.8 Å².